The van der Waals surface area contributed by atoms with Gasteiger partial charge in [0, 0.05) is 38.2 Å². The van der Waals surface area contributed by atoms with Crippen molar-refractivity contribution in [1.82, 2.24) is 9.80 Å². The highest BCUT2D eigenvalue weighted by atomic mass is 16.4. The molecule has 1 aliphatic carbocycles. The van der Waals surface area contributed by atoms with Crippen LogP contribution < -0.4 is 0 Å². The van der Waals surface area contributed by atoms with Gasteiger partial charge in [-0.3, -0.25) is 14.4 Å². The van der Waals surface area contributed by atoms with Crippen LogP contribution in [0.25, 0.3) is 0 Å². The van der Waals surface area contributed by atoms with E-state index in [2.05, 4.69) is 0 Å². The Hall–Kier alpha value is -2.37. The molecule has 2 amide bonds. The quantitative estimate of drug-likeness (QED) is 0.862. The summed E-state index contributed by atoms with van der Waals surface area (Å²) in [5.41, 5.74) is 1.56. The molecule has 1 N–H and O–H groups in total. The molecule has 1 saturated heterocycles. The summed E-state index contributed by atoms with van der Waals surface area (Å²) in [4.78, 5) is 39.4. The number of benzene rings is 1. The molecule has 1 spiro atoms. The molecule has 0 radical (unpaired) electrons. The molecule has 1 saturated carbocycles. The number of likely N-dealkylation sites (tertiary alicyclic amines) is 1. The molecule has 1 heterocycles. The lowest BCUT2D eigenvalue weighted by Gasteiger charge is -2.32. The number of hydrogen-bond donors (Lipinski definition) is 1. The van der Waals surface area contributed by atoms with Crippen LogP contribution >= 0.6 is 0 Å². The van der Waals surface area contributed by atoms with Crippen molar-refractivity contribution in [2.24, 2.45) is 17.3 Å². The van der Waals surface area contributed by atoms with E-state index >= 15 is 0 Å². The van der Waals surface area contributed by atoms with Gasteiger partial charge in [0.25, 0.3) is 5.91 Å². The fraction of sp³-hybridized carbons (Fsp3) is 0.571. The summed E-state index contributed by atoms with van der Waals surface area (Å²) in [7, 11) is 1.78. The van der Waals surface area contributed by atoms with Crippen molar-refractivity contribution >= 4 is 17.8 Å². The zero-order chi connectivity index (χ0) is 19.8. The Labute approximate surface area is 160 Å². The number of carboxylic acid groups (broad SMARTS) is 1. The van der Waals surface area contributed by atoms with Crippen LogP contribution in [0.2, 0.25) is 0 Å². The average molecular weight is 372 g/mol. The molecule has 3 rings (SSSR count). The molecule has 1 aromatic carbocycles. The highest BCUT2D eigenvalue weighted by molar-refractivity contribution is 5.94. The fourth-order valence-electron chi connectivity index (χ4n) is 4.13. The Morgan fingerprint density at radius 1 is 1.19 bits per heavy atom. The molecule has 1 aromatic rings. The lowest BCUT2D eigenvalue weighted by atomic mass is 9.90. The summed E-state index contributed by atoms with van der Waals surface area (Å²) in [5, 5.41) is 9.17. The normalized spacial score (nSPS) is 20.6. The van der Waals surface area contributed by atoms with Gasteiger partial charge >= 0.3 is 5.97 Å². The number of rotatable bonds is 5. The molecule has 0 bridgehead atoms. The third-order valence-electron chi connectivity index (χ3n) is 6.03. The number of hydrogen-bond acceptors (Lipinski definition) is 3. The van der Waals surface area contributed by atoms with E-state index in [4.69, 9.17) is 0 Å². The van der Waals surface area contributed by atoms with Gasteiger partial charge in [-0.1, -0.05) is 26.0 Å². The van der Waals surface area contributed by atoms with Gasteiger partial charge in [-0.25, -0.2) is 0 Å². The third-order valence-corrected chi connectivity index (χ3v) is 6.03. The van der Waals surface area contributed by atoms with Crippen LogP contribution in [0.3, 0.4) is 0 Å². The van der Waals surface area contributed by atoms with Gasteiger partial charge in [-0.2, -0.15) is 0 Å². The maximum atomic E-state index is 12.7. The Morgan fingerprint density at radius 2 is 1.78 bits per heavy atom. The van der Waals surface area contributed by atoms with E-state index in [1.807, 2.05) is 43.0 Å². The van der Waals surface area contributed by atoms with Gasteiger partial charge in [0.2, 0.25) is 5.91 Å². The predicted molar refractivity (Wildman–Crippen MR) is 101 cm³/mol. The molecule has 1 aliphatic heterocycles. The van der Waals surface area contributed by atoms with Gasteiger partial charge in [-0.05, 0) is 42.4 Å². The van der Waals surface area contributed by atoms with Crippen molar-refractivity contribution in [1.29, 1.82) is 0 Å². The molecule has 2 fully saturated rings. The number of piperidine rings is 1. The van der Waals surface area contributed by atoms with Gasteiger partial charge < -0.3 is 14.9 Å². The zero-order valence-electron chi connectivity index (χ0n) is 16.3. The number of amides is 2. The second-order valence-corrected chi connectivity index (χ2v) is 8.30. The zero-order valence-corrected chi connectivity index (χ0v) is 16.3. The summed E-state index contributed by atoms with van der Waals surface area (Å²) < 4.78 is 0. The van der Waals surface area contributed by atoms with Crippen molar-refractivity contribution in [2.45, 2.75) is 39.7 Å². The van der Waals surface area contributed by atoms with E-state index < -0.39 is 5.97 Å². The number of carboxylic acids is 1. The van der Waals surface area contributed by atoms with Gasteiger partial charge in [-0.15, -0.1) is 0 Å². The van der Waals surface area contributed by atoms with Crippen molar-refractivity contribution in [3.63, 3.8) is 0 Å². The van der Waals surface area contributed by atoms with Gasteiger partial charge in [0.15, 0.2) is 0 Å². The van der Waals surface area contributed by atoms with Crippen LogP contribution in [-0.2, 0) is 16.1 Å². The smallest absolute Gasteiger partial charge is 0.307 e. The molecule has 1 atom stereocenters. The lowest BCUT2D eigenvalue weighted by molar-refractivity contribution is -0.139. The molecule has 6 heteroatoms. The number of nitrogens with zero attached hydrogens (tertiary/aromatic N) is 2. The molecular weight excluding hydrogens is 344 g/mol. The first-order valence-corrected chi connectivity index (χ1v) is 9.59. The first-order chi connectivity index (χ1) is 12.7. The minimum atomic E-state index is -0.703. The lowest BCUT2D eigenvalue weighted by Crippen LogP contribution is -2.40. The summed E-state index contributed by atoms with van der Waals surface area (Å²) >= 11 is 0. The van der Waals surface area contributed by atoms with Crippen LogP contribution in [0.4, 0.5) is 0 Å². The summed E-state index contributed by atoms with van der Waals surface area (Å²) in [6, 6.07) is 7.41. The molecule has 0 aromatic heterocycles. The Kier molecular flexibility index (Phi) is 5.27. The maximum Gasteiger partial charge on any atom is 0.307 e. The highest BCUT2D eigenvalue weighted by Crippen LogP contribution is 2.59. The topological polar surface area (TPSA) is 77.9 Å². The number of carbonyl (C=O) groups excluding carboxylic acids is 2. The number of carbonyl (C=O) groups is 3. The van der Waals surface area contributed by atoms with E-state index in [9.17, 15) is 19.5 Å². The van der Waals surface area contributed by atoms with Gasteiger partial charge in [0.1, 0.15) is 0 Å². The summed E-state index contributed by atoms with van der Waals surface area (Å²) in [6.07, 6.45) is 2.30. The third kappa shape index (κ3) is 3.99. The standard InChI is InChI=1S/C21H28N2O4/c1-14(2)18(24)22(3)13-15-4-6-16(7-5-15)19(25)23-10-8-21(9-11-23)12-17(21)20(26)27/h4-7,14,17H,8-13H2,1-3H3,(H,26,27). The van der Waals surface area contributed by atoms with Crippen molar-refractivity contribution in [2.75, 3.05) is 20.1 Å². The highest BCUT2D eigenvalue weighted by Gasteiger charge is 2.59. The maximum absolute atomic E-state index is 12.7. The van der Waals surface area contributed by atoms with E-state index in [0.717, 1.165) is 24.8 Å². The average Bonchev–Trinajstić information content (AvgIpc) is 3.35. The molecular formula is C21H28N2O4. The summed E-state index contributed by atoms with van der Waals surface area (Å²) in [6.45, 7) is 5.52. The molecule has 146 valence electrons. The van der Waals surface area contributed by atoms with Crippen molar-refractivity contribution in [3.05, 3.63) is 35.4 Å². The minimum absolute atomic E-state index is 0.00413. The van der Waals surface area contributed by atoms with Crippen LogP contribution in [0.1, 0.15) is 49.0 Å². The number of aliphatic carboxylic acids is 1. The Morgan fingerprint density at radius 3 is 2.26 bits per heavy atom. The Bertz CT molecular complexity index is 733. The van der Waals surface area contributed by atoms with Crippen LogP contribution in [0.5, 0.6) is 0 Å². The van der Waals surface area contributed by atoms with Crippen molar-refractivity contribution in [3.8, 4) is 0 Å². The second kappa shape index (κ2) is 7.33. The molecule has 2 aliphatic rings. The summed E-state index contributed by atoms with van der Waals surface area (Å²) in [5.74, 6) is -0.871. The minimum Gasteiger partial charge on any atom is -0.481 e. The van der Waals surface area contributed by atoms with Crippen LogP contribution in [0, 0.1) is 17.3 Å². The SMILES string of the molecule is CC(C)C(=O)N(C)Cc1ccc(C(=O)N2CCC3(CC2)CC3C(=O)O)cc1. The van der Waals surface area contributed by atoms with Crippen LogP contribution in [-0.4, -0.2) is 52.8 Å². The molecule has 27 heavy (non-hydrogen) atoms. The van der Waals surface area contributed by atoms with Crippen LogP contribution in [0.15, 0.2) is 24.3 Å². The largest absolute Gasteiger partial charge is 0.481 e. The second-order valence-electron chi connectivity index (χ2n) is 8.30. The first-order valence-electron chi connectivity index (χ1n) is 9.59. The van der Waals surface area contributed by atoms with E-state index in [1.54, 1.807) is 11.9 Å². The van der Waals surface area contributed by atoms with E-state index in [-0.39, 0.29) is 29.1 Å². The van der Waals surface area contributed by atoms with E-state index in [1.165, 1.54) is 0 Å². The first kappa shape index (κ1) is 19.4. The Balaban J connectivity index is 1.55. The monoisotopic (exact) mass is 372 g/mol. The fourth-order valence-corrected chi connectivity index (χ4v) is 4.13. The van der Waals surface area contributed by atoms with Gasteiger partial charge in [0.05, 0.1) is 5.92 Å². The van der Waals surface area contributed by atoms with E-state index in [0.29, 0.717) is 25.2 Å². The molecule has 6 nitrogen and oxygen atoms in total. The molecule has 1 unspecified atom stereocenters. The predicted octanol–water partition coefficient (Wildman–Crippen LogP) is 2.63. The van der Waals surface area contributed by atoms with Crippen molar-refractivity contribution < 1.29 is 19.5 Å².